The van der Waals surface area contributed by atoms with E-state index in [9.17, 15) is 10.2 Å². The van der Waals surface area contributed by atoms with Crippen LogP contribution in [0.3, 0.4) is 0 Å². The first kappa shape index (κ1) is 9.88. The van der Waals surface area contributed by atoms with E-state index >= 15 is 0 Å². The molecule has 1 fully saturated rings. The fourth-order valence-corrected chi connectivity index (χ4v) is 1.09. The van der Waals surface area contributed by atoms with Crippen molar-refractivity contribution in [3.63, 3.8) is 0 Å². The molecule has 1 aliphatic rings. The molecule has 1 heterocycles. The Kier molecular flexibility index (Phi) is 3.42. The summed E-state index contributed by atoms with van der Waals surface area (Å²) < 4.78 is 9.90. The average Bonchev–Trinajstić information content (AvgIpc) is 2.07. The van der Waals surface area contributed by atoms with Crippen LogP contribution in [0.1, 0.15) is 6.92 Å². The van der Waals surface area contributed by atoms with Crippen LogP contribution >= 0.6 is 0 Å². The number of aliphatic hydroxyl groups excluding tert-OH is 3. The molecule has 0 aromatic rings. The maximum Gasteiger partial charge on any atom is 0.186 e. The van der Waals surface area contributed by atoms with Gasteiger partial charge in [-0.25, -0.2) is 0 Å². The quantitative estimate of drug-likeness (QED) is 0.477. The molecule has 5 heteroatoms. The van der Waals surface area contributed by atoms with Gasteiger partial charge in [-0.1, -0.05) is 0 Å². The van der Waals surface area contributed by atoms with E-state index in [1.54, 1.807) is 6.92 Å². The Morgan fingerprint density at radius 1 is 1.33 bits per heavy atom. The van der Waals surface area contributed by atoms with Crippen molar-refractivity contribution in [1.82, 2.24) is 0 Å². The Morgan fingerprint density at radius 2 is 2.00 bits per heavy atom. The van der Waals surface area contributed by atoms with Crippen molar-refractivity contribution < 1.29 is 24.8 Å². The van der Waals surface area contributed by atoms with Gasteiger partial charge < -0.3 is 24.8 Å². The summed E-state index contributed by atoms with van der Waals surface area (Å²) in [6, 6.07) is 0. The second-order valence-corrected chi connectivity index (χ2v) is 2.71. The van der Waals surface area contributed by atoms with Crippen LogP contribution in [-0.4, -0.2) is 53.1 Å². The minimum atomic E-state index is -1.18. The summed E-state index contributed by atoms with van der Waals surface area (Å²) in [5.74, 6) is 0. The Balaban J connectivity index is 2.46. The van der Waals surface area contributed by atoms with Crippen LogP contribution in [0.25, 0.3) is 0 Å². The molecule has 72 valence electrons. The molecule has 0 amide bonds. The topological polar surface area (TPSA) is 79.2 Å². The monoisotopic (exact) mass is 178 g/mol. The van der Waals surface area contributed by atoms with Gasteiger partial charge in [0.25, 0.3) is 0 Å². The smallest absolute Gasteiger partial charge is 0.186 e. The lowest BCUT2D eigenvalue weighted by Gasteiger charge is -2.34. The number of rotatable bonds is 2. The number of hydrogen-bond donors (Lipinski definition) is 3. The summed E-state index contributed by atoms with van der Waals surface area (Å²) >= 11 is 0. The summed E-state index contributed by atoms with van der Waals surface area (Å²) in [6.07, 6.45) is -4.21. The molecule has 0 aliphatic carbocycles. The maximum absolute atomic E-state index is 9.28. The first-order valence-electron chi connectivity index (χ1n) is 3.94. The van der Waals surface area contributed by atoms with Crippen molar-refractivity contribution >= 4 is 0 Å². The van der Waals surface area contributed by atoms with Gasteiger partial charge in [-0.05, 0) is 6.92 Å². The summed E-state index contributed by atoms with van der Waals surface area (Å²) in [4.78, 5) is 0. The van der Waals surface area contributed by atoms with Crippen molar-refractivity contribution in [1.29, 1.82) is 0 Å². The molecule has 1 rings (SSSR count). The van der Waals surface area contributed by atoms with Crippen LogP contribution in [-0.2, 0) is 9.47 Å². The largest absolute Gasteiger partial charge is 0.388 e. The second-order valence-electron chi connectivity index (χ2n) is 2.71. The fraction of sp³-hybridized carbons (Fsp3) is 1.00. The highest BCUT2D eigenvalue weighted by Crippen LogP contribution is 2.15. The Bertz CT molecular complexity index is 140. The van der Waals surface area contributed by atoms with Crippen molar-refractivity contribution in [3.05, 3.63) is 0 Å². The molecule has 0 radical (unpaired) electrons. The molecule has 4 atom stereocenters. The molecule has 5 nitrogen and oxygen atoms in total. The van der Waals surface area contributed by atoms with E-state index in [0.717, 1.165) is 0 Å². The number of hydrogen-bond acceptors (Lipinski definition) is 5. The lowest BCUT2D eigenvalue weighted by Crippen LogP contribution is -2.53. The molecule has 1 unspecified atom stereocenters. The zero-order chi connectivity index (χ0) is 9.14. The van der Waals surface area contributed by atoms with Gasteiger partial charge in [-0.3, -0.25) is 0 Å². The molecule has 0 bridgehead atoms. The molecule has 12 heavy (non-hydrogen) atoms. The first-order valence-corrected chi connectivity index (χ1v) is 3.94. The van der Waals surface area contributed by atoms with Crippen molar-refractivity contribution in [2.75, 3.05) is 13.2 Å². The van der Waals surface area contributed by atoms with Gasteiger partial charge in [0.1, 0.15) is 18.3 Å². The molecular weight excluding hydrogens is 164 g/mol. The van der Waals surface area contributed by atoms with Crippen LogP contribution in [0.2, 0.25) is 0 Å². The molecule has 1 saturated heterocycles. The minimum Gasteiger partial charge on any atom is -0.388 e. The highest BCUT2D eigenvalue weighted by Gasteiger charge is 2.37. The normalized spacial score (nSPS) is 43.0. The van der Waals surface area contributed by atoms with E-state index in [4.69, 9.17) is 14.6 Å². The van der Waals surface area contributed by atoms with Gasteiger partial charge in [-0.2, -0.15) is 0 Å². The zero-order valence-corrected chi connectivity index (χ0v) is 6.88. The van der Waals surface area contributed by atoms with E-state index in [2.05, 4.69) is 0 Å². The van der Waals surface area contributed by atoms with Gasteiger partial charge in [-0.15, -0.1) is 0 Å². The molecule has 0 spiro atoms. The Morgan fingerprint density at radius 3 is 2.58 bits per heavy atom. The van der Waals surface area contributed by atoms with E-state index in [1.807, 2.05) is 0 Å². The van der Waals surface area contributed by atoms with E-state index in [0.29, 0.717) is 6.61 Å². The molecule has 3 N–H and O–H groups in total. The van der Waals surface area contributed by atoms with Gasteiger partial charge in [0.05, 0.1) is 6.61 Å². The average molecular weight is 178 g/mol. The Labute approximate surface area is 70.5 Å². The van der Waals surface area contributed by atoms with Crippen LogP contribution in [0, 0.1) is 0 Å². The second kappa shape index (κ2) is 4.15. The number of aliphatic hydroxyl groups is 3. The van der Waals surface area contributed by atoms with Crippen LogP contribution < -0.4 is 0 Å². The predicted molar refractivity (Wildman–Crippen MR) is 39.4 cm³/mol. The molecular formula is C7H14O5. The Hall–Kier alpha value is -0.200. The van der Waals surface area contributed by atoms with Gasteiger partial charge in [0, 0.05) is 6.61 Å². The van der Waals surface area contributed by atoms with E-state index in [1.165, 1.54) is 0 Å². The van der Waals surface area contributed by atoms with Gasteiger partial charge in [0.2, 0.25) is 0 Å². The number of ether oxygens (including phenoxy) is 2. The maximum atomic E-state index is 9.28. The molecule has 0 aromatic heterocycles. The first-order chi connectivity index (χ1) is 5.66. The third kappa shape index (κ3) is 1.94. The van der Waals surface area contributed by atoms with Gasteiger partial charge >= 0.3 is 0 Å². The van der Waals surface area contributed by atoms with E-state index in [-0.39, 0.29) is 6.61 Å². The third-order valence-corrected chi connectivity index (χ3v) is 1.79. The minimum absolute atomic E-state index is 0.0110. The molecule has 0 aromatic carbocycles. The van der Waals surface area contributed by atoms with Crippen LogP contribution in [0.4, 0.5) is 0 Å². The van der Waals surface area contributed by atoms with Crippen molar-refractivity contribution in [2.24, 2.45) is 0 Å². The highest BCUT2D eigenvalue weighted by molar-refractivity contribution is 4.82. The van der Waals surface area contributed by atoms with Crippen molar-refractivity contribution in [2.45, 2.75) is 31.5 Å². The lowest BCUT2D eigenvalue weighted by atomic mass is 10.1. The SMILES string of the molecule is CCO[C@H]1OC[C@H](O)C(O)[C@@H]1O. The van der Waals surface area contributed by atoms with Crippen LogP contribution in [0.15, 0.2) is 0 Å². The predicted octanol–water partition coefficient (Wildman–Crippen LogP) is -1.54. The van der Waals surface area contributed by atoms with Gasteiger partial charge in [0.15, 0.2) is 6.29 Å². The molecule has 1 aliphatic heterocycles. The lowest BCUT2D eigenvalue weighted by molar-refractivity contribution is -0.268. The summed E-state index contributed by atoms with van der Waals surface area (Å²) in [6.45, 7) is 2.14. The van der Waals surface area contributed by atoms with E-state index < -0.39 is 24.6 Å². The highest BCUT2D eigenvalue weighted by atomic mass is 16.7. The third-order valence-electron chi connectivity index (χ3n) is 1.79. The molecule has 0 saturated carbocycles. The van der Waals surface area contributed by atoms with Crippen LogP contribution in [0.5, 0.6) is 0 Å². The van der Waals surface area contributed by atoms with Crippen molar-refractivity contribution in [3.8, 4) is 0 Å². The summed E-state index contributed by atoms with van der Waals surface area (Å²) in [7, 11) is 0. The summed E-state index contributed by atoms with van der Waals surface area (Å²) in [5, 5.41) is 27.5. The zero-order valence-electron chi connectivity index (χ0n) is 6.88. The fourth-order valence-electron chi connectivity index (χ4n) is 1.09. The summed E-state index contributed by atoms with van der Waals surface area (Å²) in [5.41, 5.74) is 0. The standard InChI is InChI=1S/C7H14O5/c1-2-11-7-6(10)5(9)4(8)3-12-7/h4-10H,2-3H2,1H3/t4-,5?,6-,7-/m0/s1.